The van der Waals surface area contributed by atoms with Crippen molar-refractivity contribution in [2.45, 2.75) is 13.3 Å². The van der Waals surface area contributed by atoms with Crippen LogP contribution in [0.3, 0.4) is 0 Å². The van der Waals surface area contributed by atoms with Gasteiger partial charge in [-0.05, 0) is 24.6 Å². The molecule has 0 saturated carbocycles. The highest BCUT2D eigenvalue weighted by Crippen LogP contribution is 2.28. The first-order chi connectivity index (χ1) is 7.36. The third-order valence-electron chi connectivity index (χ3n) is 2.32. The molecule has 0 aliphatic heterocycles. The van der Waals surface area contributed by atoms with E-state index in [1.165, 1.54) is 0 Å². The number of fused-ring (bicyclic) bond motifs is 1. The van der Waals surface area contributed by atoms with Gasteiger partial charge in [0.25, 0.3) is 0 Å². The summed E-state index contributed by atoms with van der Waals surface area (Å²) in [6.45, 7) is 2.59. The predicted molar refractivity (Wildman–Crippen MR) is 58.8 cm³/mol. The van der Waals surface area contributed by atoms with Gasteiger partial charge in [-0.3, -0.25) is 0 Å². The molecular weight excluding hydrogens is 188 g/mol. The zero-order valence-electron chi connectivity index (χ0n) is 8.58. The fraction of sp³-hybridized carbons (Fsp3) is 0.250. The number of nitrogens with zero attached hydrogens (tertiary/aromatic N) is 1. The van der Waals surface area contributed by atoms with Crippen LogP contribution in [0.2, 0.25) is 0 Å². The zero-order valence-corrected chi connectivity index (χ0v) is 8.58. The maximum atomic E-state index is 8.71. The van der Waals surface area contributed by atoms with E-state index < -0.39 is 0 Å². The highest BCUT2D eigenvalue weighted by Gasteiger charge is 2.08. The number of nitriles is 1. The second-order valence-corrected chi connectivity index (χ2v) is 3.26. The minimum Gasteiger partial charge on any atom is -0.493 e. The summed E-state index contributed by atoms with van der Waals surface area (Å²) >= 11 is 0. The molecule has 0 unspecified atom stereocenters. The number of ether oxygens (including phenoxy) is 1. The number of hydrogen-bond acceptors (Lipinski definition) is 2. The van der Waals surface area contributed by atoms with Crippen molar-refractivity contribution in [1.82, 2.24) is 4.98 Å². The predicted octanol–water partition coefficient (Wildman–Crippen LogP) is 2.63. The summed E-state index contributed by atoms with van der Waals surface area (Å²) in [4.78, 5) is 3.14. The highest BCUT2D eigenvalue weighted by atomic mass is 16.5. The lowest BCUT2D eigenvalue weighted by atomic mass is 10.1. The number of hydrogen-bond donors (Lipinski definition) is 1. The van der Waals surface area contributed by atoms with Crippen LogP contribution in [0.4, 0.5) is 0 Å². The fourth-order valence-electron chi connectivity index (χ4n) is 1.72. The monoisotopic (exact) mass is 200 g/mol. The zero-order chi connectivity index (χ0) is 10.7. The average molecular weight is 200 g/mol. The second-order valence-electron chi connectivity index (χ2n) is 3.26. The van der Waals surface area contributed by atoms with Crippen LogP contribution in [0.5, 0.6) is 5.75 Å². The first-order valence-corrected chi connectivity index (χ1v) is 4.95. The quantitative estimate of drug-likeness (QED) is 0.827. The SMILES string of the molecule is CCOc1cccc2[nH]cc(CC#N)c12. The third-order valence-corrected chi connectivity index (χ3v) is 2.32. The summed E-state index contributed by atoms with van der Waals surface area (Å²) < 4.78 is 5.54. The number of aromatic amines is 1. The van der Waals surface area contributed by atoms with Crippen molar-refractivity contribution in [3.05, 3.63) is 30.0 Å². The molecule has 0 saturated heterocycles. The van der Waals surface area contributed by atoms with E-state index in [-0.39, 0.29) is 0 Å². The summed E-state index contributed by atoms with van der Waals surface area (Å²) in [6.07, 6.45) is 2.28. The third kappa shape index (κ3) is 1.66. The van der Waals surface area contributed by atoms with E-state index in [9.17, 15) is 0 Å². The molecule has 1 aromatic carbocycles. The summed E-state index contributed by atoms with van der Waals surface area (Å²) in [6, 6.07) is 8.02. The van der Waals surface area contributed by atoms with Gasteiger partial charge in [0.05, 0.1) is 19.1 Å². The van der Waals surface area contributed by atoms with Gasteiger partial charge in [0.15, 0.2) is 0 Å². The van der Waals surface area contributed by atoms with E-state index >= 15 is 0 Å². The number of nitrogens with one attached hydrogen (secondary N) is 1. The Balaban J connectivity index is 2.59. The Hall–Kier alpha value is -1.95. The van der Waals surface area contributed by atoms with Crippen LogP contribution in [-0.4, -0.2) is 11.6 Å². The van der Waals surface area contributed by atoms with Gasteiger partial charge in [0, 0.05) is 17.1 Å². The van der Waals surface area contributed by atoms with E-state index in [2.05, 4.69) is 11.1 Å². The number of rotatable bonds is 3. The number of H-pyrrole nitrogens is 1. The molecule has 1 aromatic heterocycles. The first kappa shape index (κ1) is 9.60. The molecule has 1 N–H and O–H groups in total. The van der Waals surface area contributed by atoms with Gasteiger partial charge in [-0.2, -0.15) is 5.26 Å². The normalized spacial score (nSPS) is 10.1. The standard InChI is InChI=1S/C12H12N2O/c1-2-15-11-5-3-4-10-12(11)9(6-7-13)8-14-10/h3-5,8,14H,2,6H2,1H3. The molecule has 0 amide bonds. The summed E-state index contributed by atoms with van der Waals surface area (Å²) in [5.41, 5.74) is 2.02. The van der Waals surface area contributed by atoms with E-state index in [1.54, 1.807) is 0 Å². The molecule has 76 valence electrons. The van der Waals surface area contributed by atoms with Gasteiger partial charge in [-0.1, -0.05) is 6.07 Å². The molecule has 0 spiro atoms. The number of benzene rings is 1. The molecule has 0 aliphatic rings. The van der Waals surface area contributed by atoms with Crippen LogP contribution < -0.4 is 4.74 Å². The smallest absolute Gasteiger partial charge is 0.128 e. The average Bonchev–Trinajstić information content (AvgIpc) is 2.64. The lowest BCUT2D eigenvalue weighted by molar-refractivity contribution is 0.344. The van der Waals surface area contributed by atoms with Gasteiger partial charge in [-0.15, -0.1) is 0 Å². The summed E-state index contributed by atoms with van der Waals surface area (Å²) in [5, 5.41) is 9.74. The van der Waals surface area contributed by atoms with Crippen molar-refractivity contribution in [1.29, 1.82) is 5.26 Å². The molecule has 0 bridgehead atoms. The Labute approximate surface area is 88.3 Å². The van der Waals surface area contributed by atoms with Crippen molar-refractivity contribution in [3.8, 4) is 11.8 Å². The Kier molecular flexibility index (Phi) is 2.59. The van der Waals surface area contributed by atoms with Crippen molar-refractivity contribution >= 4 is 10.9 Å². The maximum Gasteiger partial charge on any atom is 0.128 e. The second kappa shape index (κ2) is 4.05. The van der Waals surface area contributed by atoms with Gasteiger partial charge >= 0.3 is 0 Å². The topological polar surface area (TPSA) is 48.8 Å². The Morgan fingerprint density at radius 2 is 2.33 bits per heavy atom. The molecule has 15 heavy (non-hydrogen) atoms. The van der Waals surface area contributed by atoms with Crippen molar-refractivity contribution < 1.29 is 4.74 Å². The molecule has 2 aromatic rings. The molecule has 0 aliphatic carbocycles. The fourth-order valence-corrected chi connectivity index (χ4v) is 1.72. The van der Waals surface area contributed by atoms with Gasteiger partial charge in [0.2, 0.25) is 0 Å². The van der Waals surface area contributed by atoms with Crippen LogP contribution >= 0.6 is 0 Å². The van der Waals surface area contributed by atoms with Crippen LogP contribution in [0.25, 0.3) is 10.9 Å². The van der Waals surface area contributed by atoms with E-state index in [0.717, 1.165) is 22.2 Å². The van der Waals surface area contributed by atoms with Crippen LogP contribution in [0.15, 0.2) is 24.4 Å². The van der Waals surface area contributed by atoms with Crippen molar-refractivity contribution in [2.75, 3.05) is 6.61 Å². The summed E-state index contributed by atoms with van der Waals surface area (Å²) in [5.74, 6) is 0.849. The molecule has 3 heteroatoms. The van der Waals surface area contributed by atoms with Crippen molar-refractivity contribution in [2.24, 2.45) is 0 Å². The molecule has 0 atom stereocenters. The van der Waals surface area contributed by atoms with Gasteiger partial charge in [0.1, 0.15) is 5.75 Å². The van der Waals surface area contributed by atoms with E-state index in [0.29, 0.717) is 13.0 Å². The van der Waals surface area contributed by atoms with Gasteiger partial charge < -0.3 is 9.72 Å². The minimum absolute atomic E-state index is 0.407. The lowest BCUT2D eigenvalue weighted by Gasteiger charge is -2.05. The molecule has 0 radical (unpaired) electrons. The minimum atomic E-state index is 0.407. The molecule has 1 heterocycles. The molecule has 0 fully saturated rings. The first-order valence-electron chi connectivity index (χ1n) is 4.95. The Bertz CT molecular complexity index is 508. The molecular formula is C12H12N2O. The van der Waals surface area contributed by atoms with E-state index in [1.807, 2.05) is 31.3 Å². The Morgan fingerprint density at radius 3 is 3.07 bits per heavy atom. The van der Waals surface area contributed by atoms with Crippen LogP contribution in [0, 0.1) is 11.3 Å². The highest BCUT2D eigenvalue weighted by molar-refractivity contribution is 5.89. The van der Waals surface area contributed by atoms with Crippen LogP contribution in [-0.2, 0) is 6.42 Å². The lowest BCUT2D eigenvalue weighted by Crippen LogP contribution is -1.92. The largest absolute Gasteiger partial charge is 0.493 e. The maximum absolute atomic E-state index is 8.71. The molecule has 2 rings (SSSR count). The van der Waals surface area contributed by atoms with Crippen LogP contribution in [0.1, 0.15) is 12.5 Å². The van der Waals surface area contributed by atoms with E-state index in [4.69, 9.17) is 10.00 Å². The summed E-state index contributed by atoms with van der Waals surface area (Å²) in [7, 11) is 0. The van der Waals surface area contributed by atoms with Crippen molar-refractivity contribution in [3.63, 3.8) is 0 Å². The molecule has 3 nitrogen and oxygen atoms in total. The van der Waals surface area contributed by atoms with Gasteiger partial charge in [-0.25, -0.2) is 0 Å². The number of aromatic nitrogens is 1. The Morgan fingerprint density at radius 1 is 1.47 bits per heavy atom.